The van der Waals surface area contributed by atoms with Crippen molar-refractivity contribution in [1.82, 2.24) is 10.3 Å². The Morgan fingerprint density at radius 1 is 1.04 bits per heavy atom. The molecule has 144 valence electrons. The summed E-state index contributed by atoms with van der Waals surface area (Å²) >= 11 is 6.60. The summed E-state index contributed by atoms with van der Waals surface area (Å²) in [5, 5.41) is 5.83. The molecule has 2 heterocycles. The van der Waals surface area contributed by atoms with Crippen molar-refractivity contribution in [2.75, 3.05) is 6.54 Å². The van der Waals surface area contributed by atoms with Crippen LogP contribution in [0.15, 0.2) is 48.5 Å². The van der Waals surface area contributed by atoms with Gasteiger partial charge in [0.05, 0.1) is 5.54 Å². The van der Waals surface area contributed by atoms with Crippen LogP contribution in [0.2, 0.25) is 5.02 Å². The summed E-state index contributed by atoms with van der Waals surface area (Å²) in [6.45, 7) is 5.19. The number of hydrogen-bond acceptors (Lipinski definition) is 2. The van der Waals surface area contributed by atoms with Crippen LogP contribution in [0.5, 0.6) is 0 Å². The average Bonchev–Trinajstić information content (AvgIpc) is 3.02. The molecule has 5 rings (SSSR count). The molecule has 1 fully saturated rings. The topological polar surface area (TPSA) is 44.9 Å². The predicted molar refractivity (Wildman–Crippen MR) is 114 cm³/mol. The van der Waals surface area contributed by atoms with Gasteiger partial charge in [-0.15, -0.1) is 0 Å². The van der Waals surface area contributed by atoms with Gasteiger partial charge in [0.1, 0.15) is 5.78 Å². The number of carbonyl (C=O) groups excluding carboxylic acids is 1. The second kappa shape index (κ2) is 6.20. The number of nitrogens with one attached hydrogen (secondary N) is 2. The molecule has 0 saturated heterocycles. The predicted octanol–water partition coefficient (Wildman–Crippen LogP) is 5.53. The van der Waals surface area contributed by atoms with E-state index < -0.39 is 0 Å². The number of rotatable bonds is 1. The second-order valence-corrected chi connectivity index (χ2v) is 9.64. The quantitative estimate of drug-likeness (QED) is 0.571. The van der Waals surface area contributed by atoms with Gasteiger partial charge in [0.15, 0.2) is 0 Å². The van der Waals surface area contributed by atoms with E-state index in [0.717, 1.165) is 29.1 Å². The average molecular weight is 393 g/mol. The summed E-state index contributed by atoms with van der Waals surface area (Å²) in [6, 6.07) is 16.6. The molecular formula is C24H25ClN2O. The number of Topliss-reactive ketones (excluding diaryl/α,β-unsaturated/α-hetero) is 1. The van der Waals surface area contributed by atoms with Crippen LogP contribution in [0, 0.1) is 5.41 Å². The summed E-state index contributed by atoms with van der Waals surface area (Å²) in [5.74, 6) is 0.496. The zero-order valence-electron chi connectivity index (χ0n) is 16.3. The molecule has 3 nitrogen and oxygen atoms in total. The largest absolute Gasteiger partial charge is 0.357 e. The van der Waals surface area contributed by atoms with E-state index in [1.807, 2.05) is 18.2 Å². The molecule has 4 heteroatoms. The van der Waals surface area contributed by atoms with Gasteiger partial charge < -0.3 is 10.3 Å². The maximum absolute atomic E-state index is 12.7. The number of ketones is 1. The second-order valence-electron chi connectivity index (χ2n) is 9.23. The number of aromatic nitrogens is 1. The highest BCUT2D eigenvalue weighted by molar-refractivity contribution is 6.31. The zero-order valence-corrected chi connectivity index (χ0v) is 17.1. The number of aromatic amines is 1. The van der Waals surface area contributed by atoms with Gasteiger partial charge in [-0.2, -0.15) is 0 Å². The fourth-order valence-electron chi connectivity index (χ4n) is 5.59. The first kappa shape index (κ1) is 18.0. The molecule has 2 aromatic carbocycles. The number of halogens is 1. The van der Waals surface area contributed by atoms with Crippen LogP contribution in [0.4, 0.5) is 0 Å². The Kier molecular flexibility index (Phi) is 3.98. The zero-order chi connectivity index (χ0) is 19.5. The maximum atomic E-state index is 12.7. The molecular weight excluding hydrogens is 368 g/mol. The van der Waals surface area contributed by atoms with Gasteiger partial charge in [0, 0.05) is 46.9 Å². The third-order valence-corrected chi connectivity index (χ3v) is 6.80. The van der Waals surface area contributed by atoms with Crippen molar-refractivity contribution in [1.29, 1.82) is 0 Å². The fraction of sp³-hybridized carbons (Fsp3) is 0.375. The van der Waals surface area contributed by atoms with E-state index >= 15 is 0 Å². The van der Waals surface area contributed by atoms with Gasteiger partial charge in [-0.05, 0) is 35.1 Å². The Labute approximate surface area is 170 Å². The third-order valence-electron chi connectivity index (χ3n) is 6.45. The van der Waals surface area contributed by atoms with E-state index in [9.17, 15) is 4.79 Å². The first-order chi connectivity index (χ1) is 13.4. The molecule has 3 aromatic rings. The molecule has 0 bridgehead atoms. The van der Waals surface area contributed by atoms with Crippen LogP contribution < -0.4 is 5.32 Å². The third kappa shape index (κ3) is 2.72. The Bertz CT molecular complexity index is 1080. The van der Waals surface area contributed by atoms with Gasteiger partial charge >= 0.3 is 0 Å². The number of fused-ring (bicyclic) bond motifs is 4. The standard InChI is InChI=1S/C24H25ClN2O/c1-23(2)11-15(28)12-24(14-23)22-21(17-8-4-6-10-20(17)27-22)18(13-26-24)16-7-3-5-9-19(16)25/h3-10,18,26-27H,11-14H2,1-2H3/t18-,24+/m0/s1. The number of hydrogen-bond donors (Lipinski definition) is 2. The first-order valence-corrected chi connectivity index (χ1v) is 10.4. The van der Waals surface area contributed by atoms with E-state index in [2.05, 4.69) is 54.5 Å². The van der Waals surface area contributed by atoms with Crippen molar-refractivity contribution in [2.24, 2.45) is 5.41 Å². The lowest BCUT2D eigenvalue weighted by Crippen LogP contribution is -2.55. The van der Waals surface area contributed by atoms with E-state index in [0.29, 0.717) is 18.6 Å². The fourth-order valence-corrected chi connectivity index (χ4v) is 5.86. The molecule has 2 N–H and O–H groups in total. The van der Waals surface area contributed by atoms with Gasteiger partial charge in [0.25, 0.3) is 0 Å². The van der Waals surface area contributed by atoms with E-state index in [1.54, 1.807) is 0 Å². The van der Waals surface area contributed by atoms with Gasteiger partial charge in [-0.1, -0.05) is 61.8 Å². The number of benzene rings is 2. The smallest absolute Gasteiger partial charge is 0.135 e. The first-order valence-electron chi connectivity index (χ1n) is 10.0. The Balaban J connectivity index is 1.75. The minimum absolute atomic E-state index is 0.0197. The Hall–Kier alpha value is -2.10. The van der Waals surface area contributed by atoms with Gasteiger partial charge in [0.2, 0.25) is 0 Å². The van der Waals surface area contributed by atoms with Crippen LogP contribution in [-0.4, -0.2) is 17.3 Å². The van der Waals surface area contributed by atoms with Gasteiger partial charge in [-0.3, -0.25) is 4.79 Å². The molecule has 0 amide bonds. The van der Waals surface area contributed by atoms with Crippen molar-refractivity contribution in [3.8, 4) is 0 Å². The van der Waals surface area contributed by atoms with Crippen LogP contribution >= 0.6 is 11.6 Å². The maximum Gasteiger partial charge on any atom is 0.135 e. The Morgan fingerprint density at radius 3 is 2.57 bits per heavy atom. The monoisotopic (exact) mass is 392 g/mol. The lowest BCUT2D eigenvalue weighted by atomic mass is 9.63. The van der Waals surface area contributed by atoms with Crippen LogP contribution in [0.1, 0.15) is 55.8 Å². The lowest BCUT2D eigenvalue weighted by molar-refractivity contribution is -0.126. The lowest BCUT2D eigenvalue weighted by Gasteiger charge is -2.48. The minimum Gasteiger partial charge on any atom is -0.357 e. The highest BCUT2D eigenvalue weighted by Crippen LogP contribution is 2.51. The summed E-state index contributed by atoms with van der Waals surface area (Å²) in [5.41, 5.74) is 4.39. The molecule has 1 aromatic heterocycles. The normalized spacial score (nSPS) is 26.5. The number of H-pyrrole nitrogens is 1. The molecule has 2 aliphatic rings. The van der Waals surface area contributed by atoms with E-state index in [4.69, 9.17) is 11.6 Å². The molecule has 1 spiro atoms. The SMILES string of the molecule is CC1(C)CC(=O)C[C@]2(C1)NC[C@@H](c1ccccc1Cl)c1c2[nH]c2ccccc12. The summed E-state index contributed by atoms with van der Waals surface area (Å²) < 4.78 is 0. The van der Waals surface area contributed by atoms with Crippen molar-refractivity contribution >= 4 is 28.3 Å². The minimum atomic E-state index is -0.328. The molecule has 2 atom stereocenters. The summed E-state index contributed by atoms with van der Waals surface area (Å²) in [6.07, 6.45) is 2.15. The van der Waals surface area contributed by atoms with Crippen LogP contribution in [0.3, 0.4) is 0 Å². The van der Waals surface area contributed by atoms with Crippen molar-refractivity contribution < 1.29 is 4.79 Å². The van der Waals surface area contributed by atoms with Crippen LogP contribution in [-0.2, 0) is 10.3 Å². The molecule has 0 radical (unpaired) electrons. The Morgan fingerprint density at radius 2 is 1.79 bits per heavy atom. The van der Waals surface area contributed by atoms with Gasteiger partial charge in [-0.25, -0.2) is 0 Å². The van der Waals surface area contributed by atoms with Crippen molar-refractivity contribution in [2.45, 2.75) is 44.6 Å². The highest BCUT2D eigenvalue weighted by atomic mass is 35.5. The van der Waals surface area contributed by atoms with Crippen LogP contribution in [0.25, 0.3) is 10.9 Å². The number of para-hydroxylation sites is 1. The van der Waals surface area contributed by atoms with E-state index in [-0.39, 0.29) is 16.9 Å². The van der Waals surface area contributed by atoms with Crippen molar-refractivity contribution in [3.63, 3.8) is 0 Å². The molecule has 28 heavy (non-hydrogen) atoms. The van der Waals surface area contributed by atoms with E-state index in [1.165, 1.54) is 16.6 Å². The van der Waals surface area contributed by atoms with Crippen molar-refractivity contribution in [3.05, 3.63) is 70.4 Å². The molecule has 1 saturated carbocycles. The summed E-state index contributed by atoms with van der Waals surface area (Å²) in [7, 11) is 0. The summed E-state index contributed by atoms with van der Waals surface area (Å²) in [4.78, 5) is 16.4. The molecule has 1 aliphatic heterocycles. The number of carbonyl (C=O) groups is 1. The molecule has 1 aliphatic carbocycles. The molecule has 0 unspecified atom stereocenters. The highest BCUT2D eigenvalue weighted by Gasteiger charge is 2.50.